The fourth-order valence-electron chi connectivity index (χ4n) is 1.88. The van der Waals surface area contributed by atoms with Gasteiger partial charge < -0.3 is 0 Å². The quantitative estimate of drug-likeness (QED) is 0.524. The summed E-state index contributed by atoms with van der Waals surface area (Å²) in [6.07, 6.45) is 7.94. The Bertz CT molecular complexity index is 342. The van der Waals surface area contributed by atoms with E-state index >= 15 is 0 Å². The fourth-order valence-corrected chi connectivity index (χ4v) is 1.88. The Morgan fingerprint density at radius 2 is 2.06 bits per heavy atom. The van der Waals surface area contributed by atoms with Crippen LogP contribution >= 0.6 is 0 Å². The van der Waals surface area contributed by atoms with Crippen LogP contribution in [0.5, 0.6) is 0 Å². The van der Waals surface area contributed by atoms with Gasteiger partial charge in [0.1, 0.15) is 0 Å². The highest BCUT2D eigenvalue weighted by Gasteiger charge is 2.13. The van der Waals surface area contributed by atoms with E-state index in [0.717, 1.165) is 30.5 Å². The van der Waals surface area contributed by atoms with Crippen molar-refractivity contribution in [1.29, 1.82) is 0 Å². The highest BCUT2D eigenvalue weighted by atomic mass is 16.1. The van der Waals surface area contributed by atoms with Crippen molar-refractivity contribution >= 4 is 5.78 Å². The van der Waals surface area contributed by atoms with E-state index in [9.17, 15) is 4.79 Å². The van der Waals surface area contributed by atoms with Crippen molar-refractivity contribution < 1.29 is 4.79 Å². The molecule has 0 saturated heterocycles. The zero-order valence-corrected chi connectivity index (χ0v) is 10.6. The summed E-state index contributed by atoms with van der Waals surface area (Å²) in [5, 5.41) is 4.29. The first-order valence-electron chi connectivity index (χ1n) is 6.24. The number of hydrogen-bond donors (Lipinski definition) is 0. The molecule has 0 amide bonds. The van der Waals surface area contributed by atoms with Crippen LogP contribution in [-0.2, 0) is 13.5 Å². The molecule has 1 aromatic rings. The van der Waals surface area contributed by atoms with Gasteiger partial charge in [0, 0.05) is 19.7 Å². The Hall–Kier alpha value is -1.12. The summed E-state index contributed by atoms with van der Waals surface area (Å²) >= 11 is 0. The van der Waals surface area contributed by atoms with Gasteiger partial charge in [-0.25, -0.2) is 0 Å². The summed E-state index contributed by atoms with van der Waals surface area (Å²) in [4.78, 5) is 11.9. The first-order valence-corrected chi connectivity index (χ1v) is 6.24. The zero-order chi connectivity index (χ0) is 12.0. The van der Waals surface area contributed by atoms with Gasteiger partial charge in [0.05, 0.1) is 11.3 Å². The molecular formula is C13H22N2O. The molecule has 1 aromatic heterocycles. The smallest absolute Gasteiger partial charge is 0.166 e. The summed E-state index contributed by atoms with van der Waals surface area (Å²) in [5.74, 6) is 0.251. The van der Waals surface area contributed by atoms with Crippen molar-refractivity contribution in [3.05, 3.63) is 17.5 Å². The molecule has 0 N–H and O–H groups in total. The fraction of sp³-hybridized carbons (Fsp3) is 0.692. The van der Waals surface area contributed by atoms with Crippen molar-refractivity contribution in [1.82, 2.24) is 9.78 Å². The topological polar surface area (TPSA) is 34.9 Å². The Kier molecular flexibility index (Phi) is 5.23. The van der Waals surface area contributed by atoms with Gasteiger partial charge in [-0.05, 0) is 12.8 Å². The monoisotopic (exact) mass is 222 g/mol. The lowest BCUT2D eigenvalue weighted by Crippen LogP contribution is -2.01. The lowest BCUT2D eigenvalue weighted by Gasteiger charge is -1.99. The number of aromatic nitrogens is 2. The van der Waals surface area contributed by atoms with E-state index in [1.807, 2.05) is 20.2 Å². The molecule has 0 atom stereocenters. The maximum atomic E-state index is 11.9. The number of ketones is 1. The number of nitrogens with zero attached hydrogens (tertiary/aromatic N) is 2. The molecular weight excluding hydrogens is 200 g/mol. The van der Waals surface area contributed by atoms with Gasteiger partial charge in [-0.15, -0.1) is 0 Å². The minimum absolute atomic E-state index is 0.251. The van der Waals surface area contributed by atoms with E-state index in [0.29, 0.717) is 6.42 Å². The second-order valence-corrected chi connectivity index (χ2v) is 4.25. The third-order valence-corrected chi connectivity index (χ3v) is 2.80. The molecule has 1 heterocycles. The van der Waals surface area contributed by atoms with Crippen molar-refractivity contribution in [2.75, 3.05) is 0 Å². The third kappa shape index (κ3) is 3.47. The summed E-state index contributed by atoms with van der Waals surface area (Å²) in [7, 11) is 1.87. The normalized spacial score (nSPS) is 10.7. The number of unbranched alkanes of at least 4 members (excludes halogenated alkanes) is 3. The SMILES string of the molecule is CCCCCCC(=O)c1cn(C)nc1CC. The second-order valence-electron chi connectivity index (χ2n) is 4.25. The number of Topliss-reactive ketones (excluding diaryl/α,β-unsaturated/α-hetero) is 1. The minimum Gasteiger partial charge on any atom is -0.294 e. The van der Waals surface area contributed by atoms with Crippen LogP contribution in [0.2, 0.25) is 0 Å². The van der Waals surface area contributed by atoms with E-state index in [4.69, 9.17) is 0 Å². The van der Waals surface area contributed by atoms with E-state index in [1.165, 1.54) is 12.8 Å². The van der Waals surface area contributed by atoms with Gasteiger partial charge in [0.25, 0.3) is 0 Å². The van der Waals surface area contributed by atoms with Crippen LogP contribution in [-0.4, -0.2) is 15.6 Å². The average molecular weight is 222 g/mol. The lowest BCUT2D eigenvalue weighted by atomic mass is 10.0. The van der Waals surface area contributed by atoms with Gasteiger partial charge >= 0.3 is 0 Å². The van der Waals surface area contributed by atoms with Crippen molar-refractivity contribution in [2.45, 2.75) is 52.4 Å². The Morgan fingerprint density at radius 1 is 1.31 bits per heavy atom. The van der Waals surface area contributed by atoms with E-state index in [1.54, 1.807) is 4.68 Å². The molecule has 90 valence electrons. The largest absolute Gasteiger partial charge is 0.294 e. The Labute approximate surface area is 97.8 Å². The van der Waals surface area contributed by atoms with Crippen molar-refractivity contribution in [3.8, 4) is 0 Å². The number of hydrogen-bond acceptors (Lipinski definition) is 2. The molecule has 3 heteroatoms. The van der Waals surface area contributed by atoms with Crippen molar-refractivity contribution in [2.24, 2.45) is 7.05 Å². The molecule has 1 rings (SSSR count). The molecule has 0 unspecified atom stereocenters. The molecule has 0 aliphatic rings. The standard InChI is InChI=1S/C13H22N2O/c1-4-6-7-8-9-13(16)11-10-15(3)14-12(11)5-2/h10H,4-9H2,1-3H3. The van der Waals surface area contributed by atoms with Crippen LogP contribution in [0.1, 0.15) is 62.0 Å². The number of rotatable bonds is 7. The highest BCUT2D eigenvalue weighted by Crippen LogP contribution is 2.13. The first kappa shape index (κ1) is 12.9. The number of carbonyl (C=O) groups is 1. The van der Waals surface area contributed by atoms with Crippen LogP contribution < -0.4 is 0 Å². The van der Waals surface area contributed by atoms with Crippen LogP contribution in [0, 0.1) is 0 Å². The maximum Gasteiger partial charge on any atom is 0.166 e. The average Bonchev–Trinajstić information content (AvgIpc) is 2.65. The predicted octanol–water partition coefficient (Wildman–Crippen LogP) is 3.14. The second kappa shape index (κ2) is 6.46. The molecule has 0 fully saturated rings. The van der Waals surface area contributed by atoms with E-state index in [2.05, 4.69) is 12.0 Å². The molecule has 0 spiro atoms. The molecule has 0 aromatic carbocycles. The van der Waals surface area contributed by atoms with E-state index < -0.39 is 0 Å². The van der Waals surface area contributed by atoms with Gasteiger partial charge in [0.2, 0.25) is 0 Å². The zero-order valence-electron chi connectivity index (χ0n) is 10.6. The third-order valence-electron chi connectivity index (χ3n) is 2.80. The maximum absolute atomic E-state index is 11.9. The van der Waals surface area contributed by atoms with Crippen LogP contribution in [0.3, 0.4) is 0 Å². The van der Waals surface area contributed by atoms with Crippen molar-refractivity contribution in [3.63, 3.8) is 0 Å². The van der Waals surface area contributed by atoms with Gasteiger partial charge in [0.15, 0.2) is 5.78 Å². The highest BCUT2D eigenvalue weighted by molar-refractivity contribution is 5.96. The first-order chi connectivity index (χ1) is 7.69. The number of carbonyl (C=O) groups excluding carboxylic acids is 1. The Balaban J connectivity index is 2.51. The minimum atomic E-state index is 0.251. The summed E-state index contributed by atoms with van der Waals surface area (Å²) in [6.45, 7) is 4.22. The van der Waals surface area contributed by atoms with Gasteiger partial charge in [-0.2, -0.15) is 5.10 Å². The van der Waals surface area contributed by atoms with E-state index in [-0.39, 0.29) is 5.78 Å². The Morgan fingerprint density at radius 3 is 2.69 bits per heavy atom. The van der Waals surface area contributed by atoms with Crippen LogP contribution in [0.15, 0.2) is 6.20 Å². The summed E-state index contributed by atoms with van der Waals surface area (Å²) in [5.41, 5.74) is 1.75. The molecule has 0 aliphatic heterocycles. The summed E-state index contributed by atoms with van der Waals surface area (Å²) < 4.78 is 1.73. The van der Waals surface area contributed by atoms with Crippen LogP contribution in [0.4, 0.5) is 0 Å². The molecule has 0 bridgehead atoms. The number of aryl methyl sites for hydroxylation is 2. The van der Waals surface area contributed by atoms with Gasteiger partial charge in [-0.1, -0.05) is 33.1 Å². The molecule has 16 heavy (non-hydrogen) atoms. The van der Waals surface area contributed by atoms with Gasteiger partial charge in [-0.3, -0.25) is 9.48 Å². The molecule has 0 saturated carbocycles. The van der Waals surface area contributed by atoms with Crippen LogP contribution in [0.25, 0.3) is 0 Å². The molecule has 0 radical (unpaired) electrons. The lowest BCUT2D eigenvalue weighted by molar-refractivity contribution is 0.0978. The molecule has 0 aliphatic carbocycles. The summed E-state index contributed by atoms with van der Waals surface area (Å²) in [6, 6.07) is 0. The predicted molar refractivity (Wildman–Crippen MR) is 65.7 cm³/mol. The molecule has 3 nitrogen and oxygen atoms in total.